The first-order valence-electron chi connectivity index (χ1n) is 9.66. The van der Waals surface area contributed by atoms with Gasteiger partial charge in [-0.1, -0.05) is 66.7 Å². The highest BCUT2D eigenvalue weighted by Gasteiger charge is 2.52. The van der Waals surface area contributed by atoms with Crippen LogP contribution in [-0.2, 0) is 36.9 Å². The van der Waals surface area contributed by atoms with E-state index in [4.69, 9.17) is 23.7 Å². The summed E-state index contributed by atoms with van der Waals surface area (Å²) in [5, 5.41) is 0. The van der Waals surface area contributed by atoms with Crippen molar-refractivity contribution in [3.8, 4) is 0 Å². The molecular formula is C23H26O5. The van der Waals surface area contributed by atoms with Gasteiger partial charge in [0.1, 0.15) is 24.4 Å². The molecule has 4 rings (SSSR count). The molecule has 0 radical (unpaired) electrons. The van der Waals surface area contributed by atoms with Gasteiger partial charge in [-0.05, 0) is 11.1 Å². The van der Waals surface area contributed by atoms with E-state index in [1.54, 1.807) is 6.08 Å². The van der Waals surface area contributed by atoms with Crippen LogP contribution in [0.3, 0.4) is 0 Å². The molecule has 2 bridgehead atoms. The molecule has 2 aliphatic rings. The lowest BCUT2D eigenvalue weighted by molar-refractivity contribution is -0.264. The number of benzene rings is 2. The molecule has 0 saturated carbocycles. The molecule has 28 heavy (non-hydrogen) atoms. The third-order valence-electron chi connectivity index (χ3n) is 4.99. The third-order valence-corrected chi connectivity index (χ3v) is 4.99. The van der Waals surface area contributed by atoms with E-state index < -0.39 is 6.29 Å². The Morgan fingerprint density at radius 1 is 0.821 bits per heavy atom. The summed E-state index contributed by atoms with van der Waals surface area (Å²) in [6.07, 6.45) is 0.156. The monoisotopic (exact) mass is 382 g/mol. The number of hydrogen-bond donors (Lipinski definition) is 0. The van der Waals surface area contributed by atoms with Crippen LogP contribution in [0, 0.1) is 0 Å². The van der Waals surface area contributed by atoms with Crippen LogP contribution in [0.4, 0.5) is 0 Å². The molecule has 0 spiro atoms. The smallest absolute Gasteiger partial charge is 0.187 e. The quantitative estimate of drug-likeness (QED) is 0.622. The van der Waals surface area contributed by atoms with Crippen molar-refractivity contribution in [2.24, 2.45) is 0 Å². The standard InChI is InChI=1S/C23H26O5/c1-2-13-24-22-21(26-15-18-11-7-4-8-12-18)20(19-16-27-23(22)28-19)25-14-17-9-5-3-6-10-17/h2-12,19-23H,1,13-16H2/t19-,20-,21+,22-,23-/m1/s1. The first-order chi connectivity index (χ1) is 13.8. The summed E-state index contributed by atoms with van der Waals surface area (Å²) < 4.78 is 30.4. The molecule has 0 N–H and O–H groups in total. The molecule has 2 heterocycles. The van der Waals surface area contributed by atoms with Crippen molar-refractivity contribution >= 4 is 0 Å². The van der Waals surface area contributed by atoms with Crippen molar-refractivity contribution in [1.82, 2.24) is 0 Å². The van der Waals surface area contributed by atoms with Crippen LogP contribution in [0.25, 0.3) is 0 Å². The molecule has 0 unspecified atom stereocenters. The molecule has 5 heteroatoms. The SMILES string of the molecule is C=CCO[C@H]1[C@@H]2OC[C@@H](O2)[C@@H](OCc2ccccc2)[C@@H]1OCc1ccccc1. The van der Waals surface area contributed by atoms with Crippen LogP contribution in [0.5, 0.6) is 0 Å². The van der Waals surface area contributed by atoms with Gasteiger partial charge in [-0.25, -0.2) is 0 Å². The molecule has 2 aliphatic heterocycles. The Balaban J connectivity index is 1.50. The van der Waals surface area contributed by atoms with Gasteiger partial charge in [0.25, 0.3) is 0 Å². The Hall–Kier alpha value is -2.02. The maximum absolute atomic E-state index is 6.32. The van der Waals surface area contributed by atoms with Crippen LogP contribution in [0.1, 0.15) is 11.1 Å². The predicted molar refractivity (Wildman–Crippen MR) is 105 cm³/mol. The Bertz CT molecular complexity index is 735. The zero-order valence-electron chi connectivity index (χ0n) is 15.8. The molecule has 5 atom stereocenters. The highest BCUT2D eigenvalue weighted by molar-refractivity contribution is 5.14. The summed E-state index contributed by atoms with van der Waals surface area (Å²) in [7, 11) is 0. The topological polar surface area (TPSA) is 46.2 Å². The fourth-order valence-corrected chi connectivity index (χ4v) is 3.62. The van der Waals surface area contributed by atoms with Gasteiger partial charge < -0.3 is 23.7 Å². The first-order valence-corrected chi connectivity index (χ1v) is 9.66. The highest BCUT2D eigenvalue weighted by Crippen LogP contribution is 2.34. The lowest BCUT2D eigenvalue weighted by atomic mass is 10.00. The molecular weight excluding hydrogens is 356 g/mol. The summed E-state index contributed by atoms with van der Waals surface area (Å²) in [4.78, 5) is 0. The van der Waals surface area contributed by atoms with E-state index in [0.29, 0.717) is 26.4 Å². The summed E-state index contributed by atoms with van der Waals surface area (Å²) in [6, 6.07) is 20.2. The number of ether oxygens (including phenoxy) is 5. The largest absolute Gasteiger partial charge is 0.368 e. The van der Waals surface area contributed by atoms with Gasteiger partial charge in [-0.3, -0.25) is 0 Å². The van der Waals surface area contributed by atoms with Crippen molar-refractivity contribution < 1.29 is 23.7 Å². The second-order valence-electron chi connectivity index (χ2n) is 6.99. The van der Waals surface area contributed by atoms with E-state index >= 15 is 0 Å². The average Bonchev–Trinajstić information content (AvgIpc) is 3.18. The van der Waals surface area contributed by atoms with Gasteiger partial charge in [-0.2, -0.15) is 0 Å². The van der Waals surface area contributed by atoms with Gasteiger partial charge in [0.15, 0.2) is 6.29 Å². The predicted octanol–water partition coefficient (Wildman–Crippen LogP) is 3.48. The van der Waals surface area contributed by atoms with E-state index in [9.17, 15) is 0 Å². The zero-order chi connectivity index (χ0) is 19.2. The van der Waals surface area contributed by atoms with Gasteiger partial charge >= 0.3 is 0 Å². The molecule has 2 aromatic rings. The average molecular weight is 382 g/mol. The van der Waals surface area contributed by atoms with E-state index in [2.05, 4.69) is 6.58 Å². The van der Waals surface area contributed by atoms with E-state index in [-0.39, 0.29) is 24.4 Å². The fourth-order valence-electron chi connectivity index (χ4n) is 3.62. The zero-order valence-corrected chi connectivity index (χ0v) is 15.8. The molecule has 148 valence electrons. The number of rotatable bonds is 9. The lowest BCUT2D eigenvalue weighted by Gasteiger charge is -2.40. The van der Waals surface area contributed by atoms with Gasteiger partial charge in [0.2, 0.25) is 0 Å². The van der Waals surface area contributed by atoms with Crippen LogP contribution in [0.2, 0.25) is 0 Å². The second-order valence-corrected chi connectivity index (χ2v) is 6.99. The maximum atomic E-state index is 6.32. The molecule has 5 nitrogen and oxygen atoms in total. The maximum Gasteiger partial charge on any atom is 0.187 e. The van der Waals surface area contributed by atoms with Crippen LogP contribution >= 0.6 is 0 Å². The van der Waals surface area contributed by atoms with Crippen molar-refractivity contribution in [3.63, 3.8) is 0 Å². The lowest BCUT2D eigenvalue weighted by Crippen LogP contribution is -2.56. The minimum absolute atomic E-state index is 0.168. The second kappa shape index (κ2) is 9.45. The molecule has 2 saturated heterocycles. The van der Waals surface area contributed by atoms with Crippen molar-refractivity contribution in [2.75, 3.05) is 13.2 Å². The van der Waals surface area contributed by atoms with E-state index in [1.165, 1.54) is 0 Å². The summed E-state index contributed by atoms with van der Waals surface area (Å²) >= 11 is 0. The Labute approximate surface area is 165 Å². The first kappa shape index (κ1) is 19.3. The van der Waals surface area contributed by atoms with Crippen molar-refractivity contribution in [1.29, 1.82) is 0 Å². The third kappa shape index (κ3) is 4.51. The van der Waals surface area contributed by atoms with Crippen LogP contribution in [-0.4, -0.2) is 43.9 Å². The molecule has 0 aliphatic carbocycles. The van der Waals surface area contributed by atoms with Crippen LogP contribution in [0.15, 0.2) is 73.3 Å². The minimum atomic E-state index is -0.442. The Kier molecular flexibility index (Phi) is 6.52. The fraction of sp³-hybridized carbons (Fsp3) is 0.391. The minimum Gasteiger partial charge on any atom is -0.368 e. The van der Waals surface area contributed by atoms with E-state index in [0.717, 1.165) is 11.1 Å². The molecule has 2 fully saturated rings. The summed E-state index contributed by atoms with van der Waals surface area (Å²) in [6.45, 7) is 5.57. The van der Waals surface area contributed by atoms with Crippen molar-refractivity contribution in [3.05, 3.63) is 84.4 Å². The van der Waals surface area contributed by atoms with Crippen LogP contribution < -0.4 is 0 Å². The highest BCUT2D eigenvalue weighted by atomic mass is 16.8. The van der Waals surface area contributed by atoms with Crippen molar-refractivity contribution in [2.45, 2.75) is 43.9 Å². The van der Waals surface area contributed by atoms with Gasteiger partial charge in [-0.15, -0.1) is 6.58 Å². The summed E-state index contributed by atoms with van der Waals surface area (Å²) in [5.74, 6) is 0. The Morgan fingerprint density at radius 2 is 1.43 bits per heavy atom. The molecule has 2 aromatic carbocycles. The molecule has 0 amide bonds. The van der Waals surface area contributed by atoms with Gasteiger partial charge in [0, 0.05) is 0 Å². The normalized spacial score (nSPS) is 28.9. The number of fused-ring (bicyclic) bond motifs is 2. The number of hydrogen-bond acceptors (Lipinski definition) is 5. The van der Waals surface area contributed by atoms with E-state index in [1.807, 2.05) is 60.7 Å². The Morgan fingerprint density at radius 3 is 2.04 bits per heavy atom. The summed E-state index contributed by atoms with van der Waals surface area (Å²) in [5.41, 5.74) is 2.21. The van der Waals surface area contributed by atoms with Gasteiger partial charge in [0.05, 0.1) is 26.4 Å². The molecule has 0 aromatic heterocycles.